The minimum Gasteiger partial charge on any atom is -0.436 e. The normalized spacial score (nSPS) is 10.8. The minimum atomic E-state index is 0.614. The number of pyridine rings is 2. The van der Waals surface area contributed by atoms with Gasteiger partial charge in [0.2, 0.25) is 5.88 Å². The molecule has 2 heterocycles. The topological polar surface area (TPSA) is 47.0 Å². The summed E-state index contributed by atoms with van der Waals surface area (Å²) in [5.74, 6) is 1.34. The van der Waals surface area contributed by atoms with Gasteiger partial charge in [-0.3, -0.25) is 0 Å². The monoisotopic (exact) mass is 279 g/mol. The summed E-state index contributed by atoms with van der Waals surface area (Å²) in [5, 5.41) is 4.18. The van der Waals surface area contributed by atoms with Crippen LogP contribution in [0.2, 0.25) is 0 Å². The molecule has 0 bridgehead atoms. The van der Waals surface area contributed by atoms with Crippen LogP contribution in [0.15, 0.2) is 48.7 Å². The number of ether oxygens (including phenoxy) is 1. The highest BCUT2D eigenvalue weighted by atomic mass is 16.5. The van der Waals surface area contributed by atoms with E-state index in [1.165, 1.54) is 0 Å². The van der Waals surface area contributed by atoms with Gasteiger partial charge in [-0.05, 0) is 32.2 Å². The summed E-state index contributed by atoms with van der Waals surface area (Å²) in [5.41, 5.74) is 2.85. The summed E-state index contributed by atoms with van der Waals surface area (Å²) in [6, 6.07) is 13.9. The van der Waals surface area contributed by atoms with Crippen LogP contribution < -0.4 is 10.1 Å². The first kappa shape index (κ1) is 13.5. The lowest BCUT2D eigenvalue weighted by molar-refractivity contribution is 0.458. The van der Waals surface area contributed by atoms with E-state index >= 15 is 0 Å². The molecule has 3 aromatic rings. The molecule has 21 heavy (non-hydrogen) atoms. The van der Waals surface area contributed by atoms with Gasteiger partial charge in [-0.25, -0.2) is 9.97 Å². The fraction of sp³-hybridized carbons (Fsp3) is 0.176. The number of benzene rings is 1. The zero-order valence-corrected chi connectivity index (χ0v) is 12.1. The predicted molar refractivity (Wildman–Crippen MR) is 83.6 cm³/mol. The summed E-state index contributed by atoms with van der Waals surface area (Å²) in [6.07, 6.45) is 1.73. The Morgan fingerprint density at radius 3 is 2.86 bits per heavy atom. The first-order valence-electron chi connectivity index (χ1n) is 6.90. The maximum Gasteiger partial charge on any atom is 0.223 e. The van der Waals surface area contributed by atoms with Gasteiger partial charge in [0.1, 0.15) is 5.52 Å². The summed E-state index contributed by atoms with van der Waals surface area (Å²) in [7, 11) is 1.90. The number of nitrogens with one attached hydrogen (secondary N) is 1. The molecule has 0 aliphatic rings. The number of aryl methyl sites for hydroxylation is 1. The largest absolute Gasteiger partial charge is 0.436 e. The van der Waals surface area contributed by atoms with Gasteiger partial charge >= 0.3 is 0 Å². The van der Waals surface area contributed by atoms with Crippen LogP contribution in [-0.2, 0) is 6.54 Å². The molecule has 4 nitrogen and oxygen atoms in total. The van der Waals surface area contributed by atoms with E-state index in [2.05, 4.69) is 21.4 Å². The van der Waals surface area contributed by atoms with Gasteiger partial charge in [0.15, 0.2) is 5.75 Å². The smallest absolute Gasteiger partial charge is 0.223 e. The number of para-hydroxylation sites is 1. The number of hydrogen-bond donors (Lipinski definition) is 1. The second-order valence-electron chi connectivity index (χ2n) is 4.88. The van der Waals surface area contributed by atoms with Crippen LogP contribution >= 0.6 is 0 Å². The standard InChI is InChI=1S/C17H17N3O/c1-12-8-9-13-5-3-7-15(16(13)20-12)21-17-14(11-18-2)6-4-10-19-17/h3-10,18H,11H2,1-2H3. The lowest BCUT2D eigenvalue weighted by Gasteiger charge is -2.11. The van der Waals surface area contributed by atoms with Crippen molar-refractivity contribution >= 4 is 10.9 Å². The molecule has 0 amide bonds. The van der Waals surface area contributed by atoms with E-state index in [0.717, 1.165) is 27.9 Å². The molecular weight excluding hydrogens is 262 g/mol. The van der Waals surface area contributed by atoms with E-state index in [0.29, 0.717) is 12.4 Å². The first-order valence-corrected chi connectivity index (χ1v) is 6.90. The maximum atomic E-state index is 6.02. The van der Waals surface area contributed by atoms with Crippen molar-refractivity contribution in [1.29, 1.82) is 0 Å². The molecule has 0 unspecified atom stereocenters. The lowest BCUT2D eigenvalue weighted by atomic mass is 10.2. The van der Waals surface area contributed by atoms with Gasteiger partial charge in [0.25, 0.3) is 0 Å². The van der Waals surface area contributed by atoms with Gasteiger partial charge in [0, 0.05) is 29.4 Å². The Labute approximate surface area is 123 Å². The zero-order chi connectivity index (χ0) is 14.7. The van der Waals surface area contributed by atoms with Crippen LogP contribution in [0.3, 0.4) is 0 Å². The Morgan fingerprint density at radius 1 is 1.10 bits per heavy atom. The third kappa shape index (κ3) is 2.85. The van der Waals surface area contributed by atoms with Crippen LogP contribution in [0.1, 0.15) is 11.3 Å². The molecule has 0 fully saturated rings. The Balaban J connectivity index is 2.04. The van der Waals surface area contributed by atoms with Crippen LogP contribution in [0.25, 0.3) is 10.9 Å². The van der Waals surface area contributed by atoms with Crippen molar-refractivity contribution in [3.63, 3.8) is 0 Å². The van der Waals surface area contributed by atoms with E-state index in [1.807, 2.05) is 50.4 Å². The van der Waals surface area contributed by atoms with E-state index in [9.17, 15) is 0 Å². The molecule has 0 radical (unpaired) electrons. The van der Waals surface area contributed by atoms with Gasteiger partial charge in [-0.2, -0.15) is 0 Å². The Kier molecular flexibility index (Phi) is 3.79. The molecule has 0 saturated carbocycles. The van der Waals surface area contributed by atoms with Crippen molar-refractivity contribution in [1.82, 2.24) is 15.3 Å². The van der Waals surface area contributed by atoms with Crippen molar-refractivity contribution in [3.8, 4) is 11.6 Å². The summed E-state index contributed by atoms with van der Waals surface area (Å²) in [6.45, 7) is 2.68. The van der Waals surface area contributed by atoms with E-state index in [4.69, 9.17) is 4.74 Å². The maximum absolute atomic E-state index is 6.02. The van der Waals surface area contributed by atoms with Gasteiger partial charge in [0.05, 0.1) is 0 Å². The van der Waals surface area contributed by atoms with Gasteiger partial charge in [-0.15, -0.1) is 0 Å². The van der Waals surface area contributed by atoms with Crippen LogP contribution in [-0.4, -0.2) is 17.0 Å². The summed E-state index contributed by atoms with van der Waals surface area (Å²) in [4.78, 5) is 8.91. The molecule has 3 rings (SSSR count). The Morgan fingerprint density at radius 2 is 2.00 bits per heavy atom. The second kappa shape index (κ2) is 5.89. The summed E-state index contributed by atoms with van der Waals surface area (Å²) >= 11 is 0. The van der Waals surface area contributed by atoms with Gasteiger partial charge < -0.3 is 10.1 Å². The van der Waals surface area contributed by atoms with Gasteiger partial charge in [-0.1, -0.05) is 24.3 Å². The molecule has 1 N–H and O–H groups in total. The molecule has 0 spiro atoms. The molecule has 106 valence electrons. The van der Waals surface area contributed by atoms with Crippen molar-refractivity contribution in [2.45, 2.75) is 13.5 Å². The van der Waals surface area contributed by atoms with Crippen molar-refractivity contribution in [2.75, 3.05) is 7.05 Å². The fourth-order valence-corrected chi connectivity index (χ4v) is 2.24. The summed E-state index contributed by atoms with van der Waals surface area (Å²) < 4.78 is 6.02. The fourth-order valence-electron chi connectivity index (χ4n) is 2.24. The number of hydrogen-bond acceptors (Lipinski definition) is 4. The quantitative estimate of drug-likeness (QED) is 0.794. The molecule has 4 heteroatoms. The minimum absolute atomic E-state index is 0.614. The van der Waals surface area contributed by atoms with Crippen LogP contribution in [0.4, 0.5) is 0 Å². The zero-order valence-electron chi connectivity index (χ0n) is 12.1. The van der Waals surface area contributed by atoms with E-state index in [-0.39, 0.29) is 0 Å². The molecule has 1 aromatic carbocycles. The second-order valence-corrected chi connectivity index (χ2v) is 4.88. The molecule has 0 atom stereocenters. The predicted octanol–water partition coefficient (Wildman–Crippen LogP) is 3.45. The first-order chi connectivity index (χ1) is 10.3. The van der Waals surface area contributed by atoms with Crippen molar-refractivity contribution in [2.24, 2.45) is 0 Å². The number of aromatic nitrogens is 2. The number of fused-ring (bicyclic) bond motifs is 1. The lowest BCUT2D eigenvalue weighted by Crippen LogP contribution is -2.07. The Bertz CT molecular complexity index is 771. The van der Waals surface area contributed by atoms with E-state index < -0.39 is 0 Å². The average molecular weight is 279 g/mol. The molecular formula is C17H17N3O. The number of rotatable bonds is 4. The van der Waals surface area contributed by atoms with Crippen molar-refractivity contribution in [3.05, 3.63) is 59.9 Å². The number of nitrogens with zero attached hydrogens (tertiary/aromatic N) is 2. The molecule has 0 aliphatic carbocycles. The molecule has 0 saturated heterocycles. The SMILES string of the molecule is CNCc1cccnc1Oc1cccc2ccc(C)nc12. The van der Waals surface area contributed by atoms with Crippen LogP contribution in [0.5, 0.6) is 11.6 Å². The Hall–Kier alpha value is -2.46. The average Bonchev–Trinajstić information content (AvgIpc) is 2.50. The van der Waals surface area contributed by atoms with Crippen molar-refractivity contribution < 1.29 is 4.74 Å². The highest BCUT2D eigenvalue weighted by Gasteiger charge is 2.09. The molecule has 0 aliphatic heterocycles. The third-order valence-corrected chi connectivity index (χ3v) is 3.25. The highest BCUT2D eigenvalue weighted by Crippen LogP contribution is 2.29. The third-order valence-electron chi connectivity index (χ3n) is 3.25. The molecule has 2 aromatic heterocycles. The van der Waals surface area contributed by atoms with E-state index in [1.54, 1.807) is 6.20 Å². The highest BCUT2D eigenvalue weighted by molar-refractivity contribution is 5.84. The van der Waals surface area contributed by atoms with Crippen LogP contribution in [0, 0.1) is 6.92 Å².